The molecule has 0 heterocycles. The summed E-state index contributed by atoms with van der Waals surface area (Å²) < 4.78 is 9.05. The predicted octanol–water partition coefficient (Wildman–Crippen LogP) is 0.927. The van der Waals surface area contributed by atoms with E-state index in [2.05, 4.69) is 20.1 Å². The first kappa shape index (κ1) is 19.3. The second-order valence-electron chi connectivity index (χ2n) is 4.99. The maximum atomic E-state index is 12.0. The third-order valence-electron chi connectivity index (χ3n) is 3.26. The molecular weight excluding hydrogens is 314 g/mol. The molecule has 1 rings (SSSR count). The van der Waals surface area contributed by atoms with Gasteiger partial charge in [0.2, 0.25) is 0 Å². The summed E-state index contributed by atoms with van der Waals surface area (Å²) in [7, 11) is 2.64. The number of nitrogen functional groups attached to an aromatic ring is 1. The topological polar surface area (TPSA) is 120 Å². The molecule has 0 aliphatic heterocycles. The van der Waals surface area contributed by atoms with Crippen LogP contribution in [0.1, 0.15) is 29.6 Å². The lowest BCUT2D eigenvalue weighted by Gasteiger charge is -2.11. The summed E-state index contributed by atoms with van der Waals surface area (Å²) in [5.74, 6) is -0.965. The Labute approximate surface area is 140 Å². The Balaban J connectivity index is 2.47. The van der Waals surface area contributed by atoms with Crippen molar-refractivity contribution in [1.29, 1.82) is 0 Å². The maximum Gasteiger partial charge on any atom is 0.307 e. The minimum absolute atomic E-state index is 0.109. The molecule has 1 amide bonds. The largest absolute Gasteiger partial charge is 0.469 e. The van der Waals surface area contributed by atoms with Crippen LogP contribution in [0.3, 0.4) is 0 Å². The van der Waals surface area contributed by atoms with Gasteiger partial charge < -0.3 is 25.8 Å². The number of rotatable bonds is 9. The van der Waals surface area contributed by atoms with Gasteiger partial charge in [0, 0.05) is 25.1 Å². The third-order valence-corrected chi connectivity index (χ3v) is 3.26. The van der Waals surface area contributed by atoms with Gasteiger partial charge in [0.05, 0.1) is 32.0 Å². The molecule has 0 unspecified atom stereocenters. The van der Waals surface area contributed by atoms with Crippen molar-refractivity contribution in [3.05, 3.63) is 23.8 Å². The van der Waals surface area contributed by atoms with Gasteiger partial charge >= 0.3 is 11.9 Å². The predicted molar refractivity (Wildman–Crippen MR) is 89.6 cm³/mol. The van der Waals surface area contributed by atoms with Crippen LogP contribution in [-0.4, -0.2) is 45.2 Å². The maximum absolute atomic E-state index is 12.0. The van der Waals surface area contributed by atoms with E-state index in [-0.39, 0.29) is 30.8 Å². The van der Waals surface area contributed by atoms with E-state index in [4.69, 9.17) is 5.73 Å². The molecule has 1 aromatic carbocycles. The highest BCUT2D eigenvalue weighted by atomic mass is 16.5. The first-order valence-corrected chi connectivity index (χ1v) is 7.53. The fourth-order valence-corrected chi connectivity index (χ4v) is 1.91. The van der Waals surface area contributed by atoms with Crippen LogP contribution in [0.15, 0.2) is 18.2 Å². The zero-order valence-corrected chi connectivity index (χ0v) is 13.9. The number of amides is 1. The first-order chi connectivity index (χ1) is 11.5. The number of methoxy groups -OCH3 is 2. The number of carbonyl (C=O) groups is 3. The van der Waals surface area contributed by atoms with Crippen molar-refractivity contribution in [2.24, 2.45) is 0 Å². The van der Waals surface area contributed by atoms with Crippen molar-refractivity contribution in [3.8, 4) is 0 Å². The summed E-state index contributed by atoms with van der Waals surface area (Å²) in [6, 6.07) is 4.88. The number of hydrogen-bond acceptors (Lipinski definition) is 7. The molecule has 1 aromatic rings. The summed E-state index contributed by atoms with van der Waals surface area (Å²) in [6.45, 7) is 0.753. The van der Waals surface area contributed by atoms with Crippen molar-refractivity contribution in [2.45, 2.75) is 19.3 Å². The van der Waals surface area contributed by atoms with Crippen molar-refractivity contribution in [3.63, 3.8) is 0 Å². The van der Waals surface area contributed by atoms with Gasteiger partial charge in [0.15, 0.2) is 0 Å². The van der Waals surface area contributed by atoms with Gasteiger partial charge in [-0.05, 0) is 24.6 Å². The minimum Gasteiger partial charge on any atom is -0.469 e. The molecular formula is C16H23N3O5. The number of esters is 2. The molecule has 0 bridgehead atoms. The standard InChI is InChI=1S/C16H23N3O5/c1-23-14(20)4-3-8-18-13-6-5-11(10-12(13)17)16(22)19-9-7-15(21)24-2/h5-6,10,18H,3-4,7-9,17H2,1-2H3,(H,19,22). The average molecular weight is 337 g/mol. The molecule has 132 valence electrons. The van der Waals surface area contributed by atoms with E-state index in [0.717, 1.165) is 0 Å². The number of nitrogens with two attached hydrogens (primary N) is 1. The van der Waals surface area contributed by atoms with Gasteiger partial charge in [-0.3, -0.25) is 14.4 Å². The van der Waals surface area contributed by atoms with Crippen LogP contribution < -0.4 is 16.4 Å². The summed E-state index contributed by atoms with van der Waals surface area (Å²) in [4.78, 5) is 33.9. The molecule has 0 saturated carbocycles. The third kappa shape index (κ3) is 6.55. The monoisotopic (exact) mass is 337 g/mol. The van der Waals surface area contributed by atoms with Gasteiger partial charge in [-0.15, -0.1) is 0 Å². The average Bonchev–Trinajstić information content (AvgIpc) is 2.58. The smallest absolute Gasteiger partial charge is 0.307 e. The van der Waals surface area contributed by atoms with Crippen LogP contribution >= 0.6 is 0 Å². The zero-order valence-electron chi connectivity index (χ0n) is 13.9. The van der Waals surface area contributed by atoms with E-state index in [1.165, 1.54) is 14.2 Å². The Morgan fingerprint density at radius 3 is 2.33 bits per heavy atom. The number of benzene rings is 1. The summed E-state index contributed by atoms with van der Waals surface area (Å²) in [5, 5.41) is 5.71. The van der Waals surface area contributed by atoms with E-state index in [1.807, 2.05) is 0 Å². The lowest BCUT2D eigenvalue weighted by atomic mass is 10.1. The fraction of sp³-hybridized carbons (Fsp3) is 0.438. The van der Waals surface area contributed by atoms with Crippen molar-refractivity contribution in [2.75, 3.05) is 38.4 Å². The Morgan fingerprint density at radius 2 is 1.71 bits per heavy atom. The van der Waals surface area contributed by atoms with Gasteiger partial charge in [0.25, 0.3) is 5.91 Å². The fourth-order valence-electron chi connectivity index (χ4n) is 1.91. The van der Waals surface area contributed by atoms with Crippen LogP contribution in [-0.2, 0) is 19.1 Å². The second-order valence-corrected chi connectivity index (χ2v) is 4.99. The van der Waals surface area contributed by atoms with E-state index in [1.54, 1.807) is 18.2 Å². The molecule has 0 aliphatic rings. The van der Waals surface area contributed by atoms with Gasteiger partial charge in [-0.25, -0.2) is 0 Å². The second kappa shape index (κ2) is 10.1. The Bertz CT molecular complexity index is 589. The molecule has 24 heavy (non-hydrogen) atoms. The number of nitrogens with one attached hydrogen (secondary N) is 2. The zero-order chi connectivity index (χ0) is 17.9. The molecule has 0 saturated heterocycles. The number of carbonyl (C=O) groups excluding carboxylic acids is 3. The van der Waals surface area contributed by atoms with E-state index < -0.39 is 0 Å². The molecule has 4 N–H and O–H groups in total. The van der Waals surface area contributed by atoms with Crippen LogP contribution in [0.25, 0.3) is 0 Å². The molecule has 8 heteroatoms. The van der Waals surface area contributed by atoms with Crippen molar-refractivity contribution < 1.29 is 23.9 Å². The molecule has 0 atom stereocenters. The summed E-state index contributed by atoms with van der Waals surface area (Å²) in [5.41, 5.74) is 7.43. The quantitative estimate of drug-likeness (QED) is 0.348. The van der Waals surface area contributed by atoms with Crippen molar-refractivity contribution in [1.82, 2.24) is 5.32 Å². The molecule has 0 aromatic heterocycles. The Kier molecular flexibility index (Phi) is 8.10. The number of anilines is 2. The first-order valence-electron chi connectivity index (χ1n) is 7.53. The van der Waals surface area contributed by atoms with Gasteiger partial charge in [-0.1, -0.05) is 0 Å². The minimum atomic E-state index is -0.388. The summed E-state index contributed by atoms with van der Waals surface area (Å²) >= 11 is 0. The molecule has 0 spiro atoms. The lowest BCUT2D eigenvalue weighted by molar-refractivity contribution is -0.141. The molecule has 0 fully saturated rings. The van der Waals surface area contributed by atoms with Gasteiger partial charge in [-0.2, -0.15) is 0 Å². The molecule has 8 nitrogen and oxygen atoms in total. The highest BCUT2D eigenvalue weighted by Gasteiger charge is 2.09. The molecule has 0 aliphatic carbocycles. The van der Waals surface area contributed by atoms with Crippen LogP contribution in [0.4, 0.5) is 11.4 Å². The van der Waals surface area contributed by atoms with E-state index in [9.17, 15) is 14.4 Å². The van der Waals surface area contributed by atoms with Crippen LogP contribution in [0.2, 0.25) is 0 Å². The Morgan fingerprint density at radius 1 is 1.04 bits per heavy atom. The SMILES string of the molecule is COC(=O)CCCNc1ccc(C(=O)NCCC(=O)OC)cc1N. The number of hydrogen-bond donors (Lipinski definition) is 3. The highest BCUT2D eigenvalue weighted by molar-refractivity contribution is 5.96. The number of ether oxygens (including phenoxy) is 2. The summed E-state index contributed by atoms with van der Waals surface area (Å²) in [6.07, 6.45) is 1.05. The van der Waals surface area contributed by atoms with Crippen LogP contribution in [0, 0.1) is 0 Å². The van der Waals surface area contributed by atoms with Crippen LogP contribution in [0.5, 0.6) is 0 Å². The van der Waals surface area contributed by atoms with E-state index in [0.29, 0.717) is 36.3 Å². The van der Waals surface area contributed by atoms with Crippen molar-refractivity contribution >= 4 is 29.2 Å². The molecule has 0 radical (unpaired) electrons. The highest BCUT2D eigenvalue weighted by Crippen LogP contribution is 2.20. The Hall–Kier alpha value is -2.77. The lowest BCUT2D eigenvalue weighted by Crippen LogP contribution is -2.26. The normalized spacial score (nSPS) is 9.92. The van der Waals surface area contributed by atoms with Gasteiger partial charge in [0.1, 0.15) is 0 Å². The van der Waals surface area contributed by atoms with E-state index >= 15 is 0 Å².